The number of hydrogen-bond donors (Lipinski definition) is 2. The molecular weight excluding hydrogens is 136 g/mol. The van der Waals surface area contributed by atoms with E-state index in [0.717, 1.165) is 0 Å². The second kappa shape index (κ2) is 6.65. The Morgan fingerprint density at radius 1 is 1.75 bits per heavy atom. The third-order valence-electron chi connectivity index (χ3n) is 0.433. The molecule has 0 aromatic heterocycles. The average molecular weight is 144 g/mol. The number of carboxylic acids is 1. The Balaban J connectivity index is 0. The van der Waals surface area contributed by atoms with E-state index in [-0.39, 0.29) is 25.4 Å². The summed E-state index contributed by atoms with van der Waals surface area (Å²) in [6, 6.07) is 0. The summed E-state index contributed by atoms with van der Waals surface area (Å²) in [5.74, 6) is -0.995. The molecule has 0 saturated heterocycles. The van der Waals surface area contributed by atoms with Gasteiger partial charge >= 0.3 is 5.97 Å². The Morgan fingerprint density at radius 2 is 2.25 bits per heavy atom. The number of carbonyl (C=O) groups is 1. The first-order valence-corrected chi connectivity index (χ1v) is 1.82. The maximum Gasteiger partial charge on any atom is 0.304 e. The summed E-state index contributed by atoms with van der Waals surface area (Å²) in [6.45, 7) is -0.116. The molecule has 0 aliphatic heterocycles. The van der Waals surface area contributed by atoms with Gasteiger partial charge in [-0.05, 0) is 0 Å². The minimum absolute atomic E-state index is 0. The van der Waals surface area contributed by atoms with E-state index in [1.165, 1.54) is 5.54 Å². The third kappa shape index (κ3) is 9.17. The number of carboxylic acid groups (broad SMARTS) is 1. The Hall–Kier alpha value is -0.350. The van der Waals surface area contributed by atoms with Gasteiger partial charge in [0.1, 0.15) is 0 Å². The van der Waals surface area contributed by atoms with Crippen molar-refractivity contribution in [1.29, 1.82) is 0 Å². The highest BCUT2D eigenvalue weighted by molar-refractivity contribution is 5.85. The fourth-order valence-electron chi connectivity index (χ4n) is 0.154. The molecule has 0 aromatic carbocycles. The van der Waals surface area contributed by atoms with Gasteiger partial charge in [-0.15, -0.1) is 16.9 Å². The van der Waals surface area contributed by atoms with Gasteiger partial charge in [0.05, 0.1) is 6.42 Å². The Morgan fingerprint density at radius 3 is 2.38 bits per heavy atom. The van der Waals surface area contributed by atoms with Gasteiger partial charge < -0.3 is 5.11 Å². The summed E-state index contributed by atoms with van der Waals surface area (Å²) in [5.41, 5.74) is 1.22. The molecule has 0 fully saturated rings. The van der Waals surface area contributed by atoms with Crippen LogP contribution in [-0.4, -0.2) is 17.6 Å². The van der Waals surface area contributed by atoms with E-state index in [1.54, 1.807) is 0 Å². The van der Waals surface area contributed by atoms with E-state index in [4.69, 9.17) is 5.11 Å². The Labute approximate surface area is 52.2 Å². The molecule has 2 N–H and O–H groups in total. The highest BCUT2D eigenvalue weighted by Crippen LogP contribution is 1.72. The van der Waals surface area contributed by atoms with Crippen LogP contribution in [0.4, 0.5) is 4.48 Å². The topological polar surface area (TPSA) is 49.3 Å². The molecule has 3 nitrogen and oxygen atoms in total. The second-order valence-corrected chi connectivity index (χ2v) is 1.03. The van der Waals surface area contributed by atoms with Crippen molar-refractivity contribution >= 4 is 18.4 Å². The molecule has 0 atom stereocenters. The van der Waals surface area contributed by atoms with Crippen LogP contribution in [0.5, 0.6) is 0 Å². The molecule has 0 radical (unpaired) electrons. The minimum atomic E-state index is -0.995. The lowest BCUT2D eigenvalue weighted by atomic mass is 10.5. The molecule has 50 valence electrons. The molecule has 0 aliphatic carbocycles. The van der Waals surface area contributed by atoms with Gasteiger partial charge in [0, 0.05) is 6.54 Å². The number of hydrogen-bond acceptors (Lipinski definition) is 2. The van der Waals surface area contributed by atoms with Crippen LogP contribution in [0.15, 0.2) is 0 Å². The smallest absolute Gasteiger partial charge is 0.304 e. The van der Waals surface area contributed by atoms with Crippen LogP contribution < -0.4 is 5.54 Å². The zero-order valence-electron chi connectivity index (χ0n) is 4.06. The maximum absolute atomic E-state index is 10.8. The van der Waals surface area contributed by atoms with E-state index in [1.807, 2.05) is 0 Å². The van der Waals surface area contributed by atoms with Gasteiger partial charge in [0.25, 0.3) is 0 Å². The number of rotatable bonds is 3. The summed E-state index contributed by atoms with van der Waals surface area (Å²) in [7, 11) is 0. The summed E-state index contributed by atoms with van der Waals surface area (Å²) in [6.07, 6.45) is -0.170. The van der Waals surface area contributed by atoms with E-state index < -0.39 is 5.97 Å². The fourth-order valence-corrected chi connectivity index (χ4v) is 0.154. The summed E-state index contributed by atoms with van der Waals surface area (Å²) < 4.78 is 10.8. The van der Waals surface area contributed by atoms with E-state index in [0.29, 0.717) is 0 Å². The number of nitrogens with one attached hydrogen (secondary N) is 1. The van der Waals surface area contributed by atoms with Crippen LogP contribution in [-0.2, 0) is 4.79 Å². The molecule has 0 unspecified atom stereocenters. The molecule has 0 heterocycles. The van der Waals surface area contributed by atoms with Crippen LogP contribution in [0.3, 0.4) is 0 Å². The maximum atomic E-state index is 10.8. The molecule has 5 heteroatoms. The van der Waals surface area contributed by atoms with Crippen molar-refractivity contribution in [1.82, 2.24) is 5.54 Å². The molecular formula is C3H7ClFNO2. The standard InChI is InChI=1S/C3H6FNO2.ClH/c4-5-2-1-3(6)7;/h5H,1-2H2,(H,6,7);1H. The van der Waals surface area contributed by atoms with Crippen LogP contribution in [0.2, 0.25) is 0 Å². The zero-order valence-corrected chi connectivity index (χ0v) is 4.87. The lowest BCUT2D eigenvalue weighted by Crippen LogP contribution is -2.07. The predicted octanol–water partition coefficient (Wildman–Crippen LogP) is 0.357. The van der Waals surface area contributed by atoms with Crippen LogP contribution in [0.1, 0.15) is 6.42 Å². The number of aliphatic carboxylic acids is 1. The van der Waals surface area contributed by atoms with Gasteiger partial charge in [-0.1, -0.05) is 0 Å². The zero-order chi connectivity index (χ0) is 5.70. The Kier molecular flexibility index (Phi) is 8.81. The highest BCUT2D eigenvalue weighted by Gasteiger charge is 1.91. The SMILES string of the molecule is Cl.O=C(O)CCNF. The van der Waals surface area contributed by atoms with Gasteiger partial charge in [0.2, 0.25) is 0 Å². The number of halogens is 2. The van der Waals surface area contributed by atoms with Gasteiger partial charge in [-0.25, -0.2) is 0 Å². The summed E-state index contributed by atoms with van der Waals surface area (Å²) in [5, 5.41) is 7.84. The van der Waals surface area contributed by atoms with Crippen molar-refractivity contribution in [3.63, 3.8) is 0 Å². The van der Waals surface area contributed by atoms with Gasteiger partial charge in [-0.2, -0.15) is 5.54 Å². The fraction of sp³-hybridized carbons (Fsp3) is 0.667. The molecule has 0 aliphatic rings. The first kappa shape index (κ1) is 10.6. The van der Waals surface area contributed by atoms with Crippen molar-refractivity contribution in [3.8, 4) is 0 Å². The molecule has 0 amide bonds. The minimum Gasteiger partial charge on any atom is -0.481 e. The predicted molar refractivity (Wildman–Crippen MR) is 28.6 cm³/mol. The van der Waals surface area contributed by atoms with Crippen molar-refractivity contribution in [3.05, 3.63) is 0 Å². The quantitative estimate of drug-likeness (QED) is 0.561. The highest BCUT2D eigenvalue weighted by atomic mass is 35.5. The molecule has 8 heavy (non-hydrogen) atoms. The van der Waals surface area contributed by atoms with Crippen LogP contribution >= 0.6 is 12.4 Å². The van der Waals surface area contributed by atoms with Gasteiger partial charge in [-0.3, -0.25) is 4.79 Å². The van der Waals surface area contributed by atoms with E-state index in [2.05, 4.69) is 0 Å². The lowest BCUT2D eigenvalue weighted by Gasteiger charge is -1.85. The molecule has 0 bridgehead atoms. The summed E-state index contributed by atoms with van der Waals surface area (Å²) in [4.78, 5) is 9.55. The normalized spacial score (nSPS) is 7.62. The molecule has 0 saturated carbocycles. The summed E-state index contributed by atoms with van der Waals surface area (Å²) >= 11 is 0. The molecule has 0 spiro atoms. The van der Waals surface area contributed by atoms with E-state index >= 15 is 0 Å². The largest absolute Gasteiger partial charge is 0.481 e. The van der Waals surface area contributed by atoms with Crippen LogP contribution in [0.25, 0.3) is 0 Å². The third-order valence-corrected chi connectivity index (χ3v) is 0.433. The Bertz CT molecular complexity index is 70.3. The van der Waals surface area contributed by atoms with Crippen molar-refractivity contribution in [2.45, 2.75) is 6.42 Å². The second-order valence-electron chi connectivity index (χ2n) is 1.03. The van der Waals surface area contributed by atoms with Crippen molar-refractivity contribution in [2.24, 2.45) is 0 Å². The first-order chi connectivity index (χ1) is 3.27. The molecule has 0 aromatic rings. The van der Waals surface area contributed by atoms with E-state index in [9.17, 15) is 9.28 Å². The van der Waals surface area contributed by atoms with Crippen molar-refractivity contribution < 1.29 is 14.4 Å². The molecule has 0 rings (SSSR count). The van der Waals surface area contributed by atoms with Crippen LogP contribution in [0, 0.1) is 0 Å². The van der Waals surface area contributed by atoms with Crippen molar-refractivity contribution in [2.75, 3.05) is 6.54 Å². The average Bonchev–Trinajstić information content (AvgIpc) is 1.61. The lowest BCUT2D eigenvalue weighted by molar-refractivity contribution is -0.137. The first-order valence-electron chi connectivity index (χ1n) is 1.82. The van der Waals surface area contributed by atoms with Gasteiger partial charge in [0.15, 0.2) is 0 Å². The monoisotopic (exact) mass is 143 g/mol.